The summed E-state index contributed by atoms with van der Waals surface area (Å²) in [5, 5.41) is 0.701. The Morgan fingerprint density at radius 1 is 1.11 bits per heavy atom. The first-order valence-corrected chi connectivity index (χ1v) is 6.34. The minimum Gasteiger partial charge on any atom is -0.497 e. The highest BCUT2D eigenvalue weighted by molar-refractivity contribution is 7.99. The van der Waals surface area contributed by atoms with Crippen LogP contribution < -0.4 is 10.5 Å². The zero-order valence-corrected chi connectivity index (χ0v) is 11.4. The van der Waals surface area contributed by atoms with Gasteiger partial charge in [-0.3, -0.25) is 0 Å². The van der Waals surface area contributed by atoms with Crippen molar-refractivity contribution in [1.82, 2.24) is 9.97 Å². The van der Waals surface area contributed by atoms with Gasteiger partial charge in [-0.05, 0) is 49.9 Å². The quantitative estimate of drug-likeness (QED) is 0.680. The molecule has 0 radical (unpaired) electrons. The maximum absolute atomic E-state index is 5.94. The molecule has 2 aromatic rings. The molecule has 1 heterocycles. The van der Waals surface area contributed by atoms with Crippen LogP contribution >= 0.6 is 11.8 Å². The van der Waals surface area contributed by atoms with Gasteiger partial charge in [0.25, 0.3) is 0 Å². The molecule has 0 spiro atoms. The Hall–Kier alpha value is -1.75. The number of ether oxygens (including phenoxy) is 1. The number of methoxy groups -OCH3 is 1. The first-order chi connectivity index (χ1) is 8.58. The van der Waals surface area contributed by atoms with Crippen molar-refractivity contribution in [3.05, 3.63) is 35.7 Å². The molecule has 1 aromatic heterocycles. The van der Waals surface area contributed by atoms with Crippen molar-refractivity contribution in [2.45, 2.75) is 23.9 Å². The Morgan fingerprint density at radius 2 is 1.78 bits per heavy atom. The molecule has 2 rings (SSSR count). The third-order valence-corrected chi connectivity index (χ3v) is 3.32. The van der Waals surface area contributed by atoms with Gasteiger partial charge >= 0.3 is 0 Å². The smallest absolute Gasteiger partial charge is 0.192 e. The third kappa shape index (κ3) is 2.92. The zero-order chi connectivity index (χ0) is 13.1. The number of nitrogen functional groups attached to an aromatic ring is 1. The third-order valence-electron chi connectivity index (χ3n) is 2.38. The lowest BCUT2D eigenvalue weighted by atomic mass is 10.3. The van der Waals surface area contributed by atoms with Gasteiger partial charge in [0.1, 0.15) is 5.75 Å². The Morgan fingerprint density at radius 3 is 2.39 bits per heavy atom. The van der Waals surface area contributed by atoms with E-state index in [9.17, 15) is 0 Å². The molecule has 1 aromatic carbocycles. The molecule has 18 heavy (non-hydrogen) atoms. The molecule has 94 valence electrons. The summed E-state index contributed by atoms with van der Waals surface area (Å²) in [5.74, 6) is 0.774. The van der Waals surface area contributed by atoms with Crippen LogP contribution in [-0.2, 0) is 0 Å². The Bertz CT molecular complexity index is 552. The maximum Gasteiger partial charge on any atom is 0.192 e. The summed E-state index contributed by atoms with van der Waals surface area (Å²) in [6.07, 6.45) is 0. The van der Waals surface area contributed by atoms with E-state index in [2.05, 4.69) is 9.97 Å². The van der Waals surface area contributed by atoms with Crippen molar-refractivity contribution >= 4 is 17.4 Å². The molecule has 0 fully saturated rings. The van der Waals surface area contributed by atoms with Crippen LogP contribution in [0.4, 0.5) is 5.69 Å². The van der Waals surface area contributed by atoms with Crippen LogP contribution in [0.15, 0.2) is 34.3 Å². The molecule has 0 aliphatic carbocycles. The second-order valence-electron chi connectivity index (χ2n) is 3.94. The van der Waals surface area contributed by atoms with E-state index in [4.69, 9.17) is 10.5 Å². The maximum atomic E-state index is 5.94. The molecule has 0 amide bonds. The van der Waals surface area contributed by atoms with E-state index in [0.717, 1.165) is 22.0 Å². The Kier molecular flexibility index (Phi) is 3.72. The molecule has 0 saturated heterocycles. The first kappa shape index (κ1) is 12.7. The summed E-state index contributed by atoms with van der Waals surface area (Å²) < 4.78 is 5.19. The number of rotatable bonds is 3. The van der Waals surface area contributed by atoms with Gasteiger partial charge in [0.15, 0.2) is 5.16 Å². The number of aromatic nitrogens is 2. The molecular formula is C13H15N3OS. The summed E-state index contributed by atoms with van der Waals surface area (Å²) in [6.45, 7) is 3.90. The molecule has 0 aliphatic rings. The average molecular weight is 261 g/mol. The van der Waals surface area contributed by atoms with Gasteiger partial charge in [-0.25, -0.2) is 9.97 Å². The largest absolute Gasteiger partial charge is 0.497 e. The predicted octanol–water partition coefficient (Wildman–Crippen LogP) is 2.84. The summed E-state index contributed by atoms with van der Waals surface area (Å²) in [6, 6.07) is 7.49. The van der Waals surface area contributed by atoms with Crippen LogP contribution in [0.1, 0.15) is 11.4 Å². The number of anilines is 1. The molecule has 5 heteroatoms. The molecule has 0 saturated carbocycles. The first-order valence-electron chi connectivity index (χ1n) is 5.52. The number of aryl methyl sites for hydroxylation is 2. The lowest BCUT2D eigenvalue weighted by Crippen LogP contribution is -1.95. The second kappa shape index (κ2) is 5.27. The topological polar surface area (TPSA) is 61.0 Å². The van der Waals surface area contributed by atoms with Gasteiger partial charge in [-0.1, -0.05) is 0 Å². The minimum atomic E-state index is 0.698. The van der Waals surface area contributed by atoms with Crippen LogP contribution in [0.3, 0.4) is 0 Å². The molecule has 0 bridgehead atoms. The van der Waals surface area contributed by atoms with Crippen LogP contribution in [0.25, 0.3) is 0 Å². The molecule has 4 nitrogen and oxygen atoms in total. The Balaban J connectivity index is 2.33. The fourth-order valence-corrected chi connectivity index (χ4v) is 2.50. The predicted molar refractivity (Wildman–Crippen MR) is 73.0 cm³/mol. The molecule has 2 N–H and O–H groups in total. The van der Waals surface area contributed by atoms with E-state index in [1.54, 1.807) is 7.11 Å². The lowest BCUT2D eigenvalue weighted by molar-refractivity contribution is 0.414. The van der Waals surface area contributed by atoms with Crippen LogP contribution in [0.2, 0.25) is 0 Å². The normalized spacial score (nSPS) is 10.4. The highest BCUT2D eigenvalue weighted by atomic mass is 32.2. The van der Waals surface area contributed by atoms with E-state index in [-0.39, 0.29) is 0 Å². The summed E-state index contributed by atoms with van der Waals surface area (Å²) in [4.78, 5) is 9.66. The fraction of sp³-hybridized carbons (Fsp3) is 0.231. The van der Waals surface area contributed by atoms with Crippen LogP contribution in [0, 0.1) is 13.8 Å². The highest BCUT2D eigenvalue weighted by Crippen LogP contribution is 2.32. The van der Waals surface area contributed by atoms with Crippen molar-refractivity contribution in [3.8, 4) is 5.75 Å². The van der Waals surface area contributed by atoms with E-state index < -0.39 is 0 Å². The van der Waals surface area contributed by atoms with Gasteiger partial charge in [0, 0.05) is 22.0 Å². The van der Waals surface area contributed by atoms with Gasteiger partial charge in [0.05, 0.1) is 7.11 Å². The summed E-state index contributed by atoms with van der Waals surface area (Å²) in [7, 11) is 1.63. The minimum absolute atomic E-state index is 0.698. The number of benzene rings is 1. The van der Waals surface area contributed by atoms with E-state index in [1.165, 1.54) is 11.8 Å². The van der Waals surface area contributed by atoms with E-state index in [1.807, 2.05) is 38.1 Å². The Labute approximate surface area is 111 Å². The zero-order valence-electron chi connectivity index (χ0n) is 10.6. The fourth-order valence-electron chi connectivity index (χ4n) is 1.57. The van der Waals surface area contributed by atoms with Gasteiger partial charge in [-0.2, -0.15) is 0 Å². The van der Waals surface area contributed by atoms with Gasteiger partial charge < -0.3 is 10.5 Å². The molecular weight excluding hydrogens is 246 g/mol. The standard InChI is InChI=1S/C13H15N3OS/c1-8-6-9(2)16-13(15-8)18-12-7-10(17-3)4-5-11(12)14/h4-7H,14H2,1-3H3. The SMILES string of the molecule is COc1ccc(N)c(Sc2nc(C)cc(C)n2)c1. The van der Waals surface area contributed by atoms with Gasteiger partial charge in [0.2, 0.25) is 0 Å². The monoisotopic (exact) mass is 261 g/mol. The number of hydrogen-bond donors (Lipinski definition) is 1. The molecule has 0 unspecified atom stereocenters. The lowest BCUT2D eigenvalue weighted by Gasteiger charge is -2.07. The van der Waals surface area contributed by atoms with Crippen molar-refractivity contribution in [2.75, 3.05) is 12.8 Å². The number of nitrogens with zero attached hydrogens (tertiary/aromatic N) is 2. The van der Waals surface area contributed by atoms with Crippen molar-refractivity contribution in [1.29, 1.82) is 0 Å². The van der Waals surface area contributed by atoms with Crippen LogP contribution in [0.5, 0.6) is 5.75 Å². The van der Waals surface area contributed by atoms with Crippen molar-refractivity contribution < 1.29 is 4.74 Å². The van der Waals surface area contributed by atoms with Crippen molar-refractivity contribution in [3.63, 3.8) is 0 Å². The van der Waals surface area contributed by atoms with E-state index >= 15 is 0 Å². The van der Waals surface area contributed by atoms with Gasteiger partial charge in [-0.15, -0.1) is 0 Å². The van der Waals surface area contributed by atoms with E-state index in [0.29, 0.717) is 10.8 Å². The highest BCUT2D eigenvalue weighted by Gasteiger charge is 2.07. The molecule has 0 aliphatic heterocycles. The summed E-state index contributed by atoms with van der Waals surface area (Å²) >= 11 is 1.44. The molecule has 0 atom stereocenters. The van der Waals surface area contributed by atoms with Crippen molar-refractivity contribution in [2.24, 2.45) is 0 Å². The second-order valence-corrected chi connectivity index (χ2v) is 4.95. The number of hydrogen-bond acceptors (Lipinski definition) is 5. The average Bonchev–Trinajstić information content (AvgIpc) is 2.30. The summed E-state index contributed by atoms with van der Waals surface area (Å²) in [5.41, 5.74) is 8.53. The van der Waals surface area contributed by atoms with Crippen LogP contribution in [-0.4, -0.2) is 17.1 Å². The number of nitrogens with two attached hydrogens (primary N) is 1.